The Morgan fingerprint density at radius 3 is 2.93 bits per heavy atom. The number of aliphatic hydroxyl groups is 1. The molecule has 0 bridgehead atoms. The third-order valence-corrected chi connectivity index (χ3v) is 2.04. The summed E-state index contributed by atoms with van der Waals surface area (Å²) in [6.07, 6.45) is 1.50. The topological polar surface area (TPSA) is 68.4 Å². The van der Waals surface area contributed by atoms with Gasteiger partial charge in [-0.3, -0.25) is 0 Å². The summed E-state index contributed by atoms with van der Waals surface area (Å²) < 4.78 is 5.16. The molecule has 4 nitrogen and oxygen atoms in total. The summed E-state index contributed by atoms with van der Waals surface area (Å²) in [7, 11) is 0. The van der Waals surface area contributed by atoms with Gasteiger partial charge in [-0.1, -0.05) is 11.6 Å². The molecule has 1 heterocycles. The van der Waals surface area contributed by atoms with Crippen LogP contribution in [0.1, 0.15) is 12.5 Å². The van der Waals surface area contributed by atoms with Crippen LogP contribution < -0.4 is 5.73 Å². The summed E-state index contributed by atoms with van der Waals surface area (Å²) in [6, 6.07) is 3.15. The van der Waals surface area contributed by atoms with Crippen LogP contribution in [0.2, 0.25) is 5.15 Å². The fourth-order valence-electron chi connectivity index (χ4n) is 1.14. The van der Waals surface area contributed by atoms with Gasteiger partial charge in [0.05, 0.1) is 6.54 Å². The van der Waals surface area contributed by atoms with Crippen molar-refractivity contribution in [1.29, 1.82) is 0 Å². The van der Waals surface area contributed by atoms with Crippen molar-refractivity contribution in [2.24, 2.45) is 5.73 Å². The number of aromatic nitrogens is 1. The standard InChI is InChI=1S/C9H13ClN2O2/c1-2-14-9(13,6-11)7-3-4-12-8(10)5-7/h3-5,13H,2,6,11H2,1H3. The number of pyridine rings is 1. The first-order valence-electron chi connectivity index (χ1n) is 4.31. The number of nitrogens with two attached hydrogens (primary N) is 1. The number of hydrogen-bond donors (Lipinski definition) is 2. The predicted molar refractivity (Wildman–Crippen MR) is 53.8 cm³/mol. The Hall–Kier alpha value is -0.680. The molecule has 1 aromatic rings. The van der Waals surface area contributed by atoms with E-state index in [9.17, 15) is 5.11 Å². The summed E-state index contributed by atoms with van der Waals surface area (Å²) in [5, 5.41) is 10.3. The lowest BCUT2D eigenvalue weighted by Gasteiger charge is -2.26. The molecule has 0 aromatic carbocycles. The molecule has 0 spiro atoms. The second-order valence-electron chi connectivity index (χ2n) is 2.79. The van der Waals surface area contributed by atoms with Gasteiger partial charge in [0.1, 0.15) is 5.15 Å². The van der Waals surface area contributed by atoms with Crippen LogP contribution in [0.4, 0.5) is 0 Å². The van der Waals surface area contributed by atoms with Crippen molar-refractivity contribution in [3.63, 3.8) is 0 Å². The monoisotopic (exact) mass is 216 g/mol. The summed E-state index contributed by atoms with van der Waals surface area (Å²) >= 11 is 5.69. The van der Waals surface area contributed by atoms with Gasteiger partial charge in [-0.15, -0.1) is 0 Å². The SMILES string of the molecule is CCOC(O)(CN)c1ccnc(Cl)c1. The Balaban J connectivity index is 2.99. The van der Waals surface area contributed by atoms with Crippen LogP contribution in [-0.2, 0) is 10.5 Å². The van der Waals surface area contributed by atoms with E-state index in [0.717, 1.165) is 0 Å². The van der Waals surface area contributed by atoms with Crippen LogP contribution in [0.15, 0.2) is 18.3 Å². The van der Waals surface area contributed by atoms with Crippen molar-refractivity contribution >= 4 is 11.6 Å². The zero-order chi connectivity index (χ0) is 10.6. The Morgan fingerprint density at radius 1 is 1.71 bits per heavy atom. The Morgan fingerprint density at radius 2 is 2.43 bits per heavy atom. The molecule has 1 aromatic heterocycles. The predicted octanol–water partition coefficient (Wildman–Crippen LogP) is 0.875. The number of ether oxygens (including phenoxy) is 1. The summed E-state index contributed by atoms with van der Waals surface area (Å²) in [5.41, 5.74) is 5.95. The van der Waals surface area contributed by atoms with Crippen molar-refractivity contribution in [2.45, 2.75) is 12.7 Å². The van der Waals surface area contributed by atoms with E-state index >= 15 is 0 Å². The fourth-order valence-corrected chi connectivity index (χ4v) is 1.32. The van der Waals surface area contributed by atoms with E-state index in [2.05, 4.69) is 4.98 Å². The molecule has 3 N–H and O–H groups in total. The van der Waals surface area contributed by atoms with Gasteiger partial charge in [0.15, 0.2) is 0 Å². The Bertz CT molecular complexity index is 309. The molecular formula is C9H13ClN2O2. The number of nitrogens with zero attached hydrogens (tertiary/aromatic N) is 1. The third kappa shape index (κ3) is 2.42. The molecule has 5 heteroatoms. The van der Waals surface area contributed by atoms with Crippen molar-refractivity contribution in [1.82, 2.24) is 4.98 Å². The molecule has 0 saturated carbocycles. The lowest BCUT2D eigenvalue weighted by molar-refractivity contribution is -0.201. The van der Waals surface area contributed by atoms with Crippen LogP contribution >= 0.6 is 11.6 Å². The molecule has 0 aliphatic heterocycles. The van der Waals surface area contributed by atoms with Crippen LogP contribution in [0.5, 0.6) is 0 Å². The van der Waals surface area contributed by atoms with Crippen LogP contribution in [0.3, 0.4) is 0 Å². The van der Waals surface area contributed by atoms with Crippen molar-refractivity contribution < 1.29 is 9.84 Å². The van der Waals surface area contributed by atoms with E-state index in [-0.39, 0.29) is 6.54 Å². The van der Waals surface area contributed by atoms with E-state index in [1.807, 2.05) is 0 Å². The third-order valence-electron chi connectivity index (χ3n) is 1.84. The Kier molecular flexibility index (Phi) is 3.83. The van der Waals surface area contributed by atoms with E-state index in [0.29, 0.717) is 17.3 Å². The van der Waals surface area contributed by atoms with Gasteiger partial charge in [-0.05, 0) is 19.1 Å². The van der Waals surface area contributed by atoms with Crippen molar-refractivity contribution in [3.05, 3.63) is 29.0 Å². The molecule has 78 valence electrons. The molecule has 0 aliphatic rings. The lowest BCUT2D eigenvalue weighted by atomic mass is 10.1. The van der Waals surface area contributed by atoms with Crippen molar-refractivity contribution in [2.75, 3.05) is 13.2 Å². The molecule has 0 radical (unpaired) electrons. The fraction of sp³-hybridized carbons (Fsp3) is 0.444. The van der Waals surface area contributed by atoms with Gasteiger partial charge in [0.2, 0.25) is 5.79 Å². The molecule has 0 saturated heterocycles. The first kappa shape index (κ1) is 11.4. The van der Waals surface area contributed by atoms with Gasteiger partial charge < -0.3 is 15.6 Å². The number of rotatable bonds is 4. The second kappa shape index (κ2) is 4.70. The largest absolute Gasteiger partial charge is 0.361 e. The van der Waals surface area contributed by atoms with Crippen LogP contribution in [0, 0.1) is 0 Å². The quantitative estimate of drug-likeness (QED) is 0.579. The van der Waals surface area contributed by atoms with Crippen LogP contribution in [-0.4, -0.2) is 23.2 Å². The maximum atomic E-state index is 9.98. The highest BCUT2D eigenvalue weighted by molar-refractivity contribution is 6.29. The van der Waals surface area contributed by atoms with E-state index in [4.69, 9.17) is 22.1 Å². The van der Waals surface area contributed by atoms with E-state index in [1.165, 1.54) is 12.3 Å². The maximum Gasteiger partial charge on any atom is 0.205 e. The van der Waals surface area contributed by atoms with E-state index < -0.39 is 5.79 Å². The second-order valence-corrected chi connectivity index (χ2v) is 3.18. The summed E-state index contributed by atoms with van der Waals surface area (Å²) in [5.74, 6) is -1.47. The molecule has 14 heavy (non-hydrogen) atoms. The first-order chi connectivity index (χ1) is 6.62. The van der Waals surface area contributed by atoms with Crippen molar-refractivity contribution in [3.8, 4) is 0 Å². The summed E-state index contributed by atoms with van der Waals surface area (Å²) in [6.45, 7) is 2.12. The molecular weight excluding hydrogens is 204 g/mol. The zero-order valence-corrected chi connectivity index (χ0v) is 8.66. The smallest absolute Gasteiger partial charge is 0.205 e. The molecule has 0 amide bonds. The average Bonchev–Trinajstić information content (AvgIpc) is 2.18. The first-order valence-corrected chi connectivity index (χ1v) is 4.68. The normalized spacial score (nSPS) is 15.1. The molecule has 0 aliphatic carbocycles. The van der Waals surface area contributed by atoms with Gasteiger partial charge in [0.25, 0.3) is 0 Å². The van der Waals surface area contributed by atoms with Gasteiger partial charge in [0, 0.05) is 18.4 Å². The zero-order valence-electron chi connectivity index (χ0n) is 7.90. The number of hydrogen-bond acceptors (Lipinski definition) is 4. The molecule has 1 rings (SSSR count). The summed E-state index contributed by atoms with van der Waals surface area (Å²) in [4.78, 5) is 3.81. The highest BCUT2D eigenvalue weighted by atomic mass is 35.5. The Labute approximate surface area is 87.7 Å². The highest BCUT2D eigenvalue weighted by Crippen LogP contribution is 2.22. The minimum Gasteiger partial charge on any atom is -0.361 e. The maximum absolute atomic E-state index is 9.98. The van der Waals surface area contributed by atoms with Gasteiger partial charge >= 0.3 is 0 Å². The average molecular weight is 217 g/mol. The minimum absolute atomic E-state index is 0.0266. The highest BCUT2D eigenvalue weighted by Gasteiger charge is 2.28. The molecule has 0 fully saturated rings. The van der Waals surface area contributed by atoms with Gasteiger partial charge in [-0.25, -0.2) is 4.98 Å². The minimum atomic E-state index is -1.47. The molecule has 1 atom stereocenters. The van der Waals surface area contributed by atoms with Crippen LogP contribution in [0.25, 0.3) is 0 Å². The molecule has 1 unspecified atom stereocenters. The van der Waals surface area contributed by atoms with Gasteiger partial charge in [-0.2, -0.15) is 0 Å². The lowest BCUT2D eigenvalue weighted by Crippen LogP contribution is -2.37. The number of halogens is 1. The van der Waals surface area contributed by atoms with E-state index in [1.54, 1.807) is 13.0 Å².